The summed E-state index contributed by atoms with van der Waals surface area (Å²) in [5.41, 5.74) is 0.427. The zero-order valence-corrected chi connectivity index (χ0v) is 32.8. The lowest BCUT2D eigenvalue weighted by atomic mass is 9.62. The Balaban J connectivity index is 0.709. The summed E-state index contributed by atoms with van der Waals surface area (Å²) in [6.45, 7) is 21.0. The molecule has 9 saturated heterocycles. The number of hydrogen-bond donors (Lipinski definition) is 1. The van der Waals surface area contributed by atoms with Crippen LogP contribution < -0.4 is 4.57 Å². The molecule has 11 aliphatic rings. The summed E-state index contributed by atoms with van der Waals surface area (Å²) in [6, 6.07) is 4.31. The summed E-state index contributed by atoms with van der Waals surface area (Å²) in [5, 5.41) is 9.95. The fourth-order valence-corrected chi connectivity index (χ4v) is 13.4. The van der Waals surface area contributed by atoms with E-state index in [-0.39, 0.29) is 118 Å². The molecule has 2 aliphatic carbocycles. The van der Waals surface area contributed by atoms with Gasteiger partial charge in [-0.05, 0) is 89.5 Å². The second-order valence-electron chi connectivity index (χ2n) is 21.0. The smallest absolute Gasteiger partial charge is 0.214 e. The van der Waals surface area contributed by atoms with Gasteiger partial charge in [-0.2, -0.15) is 4.57 Å². The van der Waals surface area contributed by atoms with Gasteiger partial charge < -0.3 is 47.7 Å². The highest BCUT2D eigenvalue weighted by Gasteiger charge is 2.89. The van der Waals surface area contributed by atoms with E-state index in [1.807, 2.05) is 0 Å². The number of aliphatic hydroxyl groups is 1. The summed E-state index contributed by atoms with van der Waals surface area (Å²) in [4.78, 5) is 0. The first-order valence-electron chi connectivity index (χ1n) is 20.6. The number of aromatic nitrogens is 1. The zero-order valence-electron chi connectivity index (χ0n) is 32.8. The van der Waals surface area contributed by atoms with Gasteiger partial charge in [0.15, 0.2) is 18.8 Å². The van der Waals surface area contributed by atoms with Crippen LogP contribution in [0.25, 0.3) is 0 Å². The minimum Gasteiger partial charge on any atom is -0.390 e. The fourth-order valence-electron chi connectivity index (χ4n) is 13.4. The summed E-state index contributed by atoms with van der Waals surface area (Å²) in [6.07, 6.45) is 8.76. The van der Waals surface area contributed by atoms with Crippen LogP contribution in [-0.2, 0) is 49.2 Å². The van der Waals surface area contributed by atoms with E-state index in [1.165, 1.54) is 12.8 Å². The van der Waals surface area contributed by atoms with Crippen LogP contribution in [0.15, 0.2) is 18.3 Å². The van der Waals surface area contributed by atoms with E-state index in [0.717, 1.165) is 36.9 Å². The van der Waals surface area contributed by atoms with Crippen molar-refractivity contribution in [2.24, 2.45) is 10.8 Å². The maximum absolute atomic E-state index is 9.95. The van der Waals surface area contributed by atoms with Gasteiger partial charge in [0, 0.05) is 12.1 Å². The van der Waals surface area contributed by atoms with E-state index in [4.69, 9.17) is 42.6 Å². The molecule has 0 aromatic carbocycles. The molecule has 9 aliphatic heterocycles. The van der Waals surface area contributed by atoms with Crippen molar-refractivity contribution in [1.82, 2.24) is 0 Å². The molecule has 1 N–H and O–H groups in total. The van der Waals surface area contributed by atoms with E-state index >= 15 is 0 Å². The third-order valence-electron chi connectivity index (χ3n) is 17.0. The highest BCUT2D eigenvalue weighted by molar-refractivity contribution is 5.37. The second-order valence-corrected chi connectivity index (χ2v) is 21.0. The molecule has 11 heteroatoms. The molecule has 12 rings (SSSR count). The highest BCUT2D eigenvalue weighted by atomic mass is 16.7. The van der Waals surface area contributed by atoms with Crippen molar-refractivity contribution < 1.29 is 52.3 Å². The summed E-state index contributed by atoms with van der Waals surface area (Å²) in [5.74, 6) is 0. The quantitative estimate of drug-likeness (QED) is 0.258. The van der Waals surface area contributed by atoms with Crippen molar-refractivity contribution in [3.05, 3.63) is 29.6 Å². The van der Waals surface area contributed by atoms with E-state index in [2.05, 4.69) is 85.2 Å². The second kappa shape index (κ2) is 9.54. The molecule has 0 radical (unpaired) electrons. The highest BCUT2D eigenvalue weighted by Crippen LogP contribution is 2.74. The molecule has 0 bridgehead atoms. The van der Waals surface area contributed by atoms with Gasteiger partial charge in [0.2, 0.25) is 5.69 Å². The molecule has 2 saturated carbocycles. The Hall–Kier alpha value is -1.25. The number of fused-ring (bicyclic) bond motifs is 2. The average molecular weight is 737 g/mol. The van der Waals surface area contributed by atoms with Crippen LogP contribution in [0.1, 0.15) is 124 Å². The number of epoxide rings is 9. The van der Waals surface area contributed by atoms with Crippen LogP contribution in [0, 0.1) is 10.8 Å². The van der Waals surface area contributed by atoms with Crippen molar-refractivity contribution in [1.29, 1.82) is 0 Å². The number of aliphatic hydroxyl groups excluding tert-OH is 1. The predicted molar refractivity (Wildman–Crippen MR) is 186 cm³/mol. The van der Waals surface area contributed by atoms with Gasteiger partial charge in [-0.25, -0.2) is 0 Å². The zero-order chi connectivity index (χ0) is 36.7. The van der Waals surface area contributed by atoms with Crippen LogP contribution in [0.5, 0.6) is 0 Å². The maximum atomic E-state index is 9.95. The lowest BCUT2D eigenvalue weighted by Crippen LogP contribution is -2.48. The molecular weight excluding hydrogens is 678 g/mol. The number of rotatable bonds is 11. The van der Waals surface area contributed by atoms with Crippen molar-refractivity contribution in [2.75, 3.05) is 6.61 Å². The predicted octanol–water partition coefficient (Wildman–Crippen LogP) is 4.33. The van der Waals surface area contributed by atoms with Crippen LogP contribution in [0.4, 0.5) is 0 Å². The molecule has 10 heterocycles. The molecular formula is C42H58NO10+. The van der Waals surface area contributed by atoms with E-state index in [9.17, 15) is 5.11 Å². The Morgan fingerprint density at radius 2 is 1.19 bits per heavy atom. The van der Waals surface area contributed by atoms with Crippen molar-refractivity contribution in [2.45, 2.75) is 214 Å². The van der Waals surface area contributed by atoms with Gasteiger partial charge in [0.25, 0.3) is 0 Å². The number of pyridine rings is 1. The standard InChI is InChI=1S/C42H58NO10/c1-34(2)13-10-15-36(5)41(34,52-36)32-30(47-32)39(8)28(50-39)24-23(45-24)21-12-17-43(18-19-44)22(20-21)26-38(7,49-26)27-25(46-27)29-40(9,51-29)31-33(48-31)42-35(3,4)14-11-16-37(42,6)53-42/h12,17,20,23-33,44H,10-11,13-16,18-19H2,1-9H3/q+1. The Labute approximate surface area is 312 Å². The van der Waals surface area contributed by atoms with E-state index < -0.39 is 5.60 Å². The molecule has 11 fully saturated rings. The topological polar surface area (TPSA) is 137 Å². The molecule has 18 unspecified atom stereocenters. The van der Waals surface area contributed by atoms with Gasteiger partial charge in [-0.1, -0.05) is 27.7 Å². The Morgan fingerprint density at radius 1 is 0.623 bits per heavy atom. The molecule has 1 aromatic heterocycles. The largest absolute Gasteiger partial charge is 0.390 e. The van der Waals surface area contributed by atoms with Gasteiger partial charge in [-0.3, -0.25) is 0 Å². The monoisotopic (exact) mass is 736 g/mol. The van der Waals surface area contributed by atoms with Gasteiger partial charge in [0.1, 0.15) is 95.7 Å². The third-order valence-corrected chi connectivity index (χ3v) is 17.0. The number of nitrogens with zero attached hydrogens (tertiary/aromatic N) is 1. The fraction of sp³-hybridized carbons (Fsp3) is 0.881. The van der Waals surface area contributed by atoms with Gasteiger partial charge >= 0.3 is 0 Å². The Bertz CT molecular complexity index is 1820. The first-order valence-corrected chi connectivity index (χ1v) is 20.6. The van der Waals surface area contributed by atoms with Crippen LogP contribution in [0.2, 0.25) is 0 Å². The minimum absolute atomic E-state index is 0.0150. The molecule has 11 nitrogen and oxygen atoms in total. The lowest BCUT2D eigenvalue weighted by molar-refractivity contribution is -0.706. The Morgan fingerprint density at radius 3 is 1.74 bits per heavy atom. The number of ether oxygens (including phenoxy) is 9. The van der Waals surface area contributed by atoms with Crippen molar-refractivity contribution >= 4 is 0 Å². The third kappa shape index (κ3) is 4.09. The molecule has 53 heavy (non-hydrogen) atoms. The summed E-state index contributed by atoms with van der Waals surface area (Å²) >= 11 is 0. The van der Waals surface area contributed by atoms with Crippen molar-refractivity contribution in [3.8, 4) is 0 Å². The molecule has 18 atom stereocenters. The van der Waals surface area contributed by atoms with E-state index in [0.29, 0.717) is 6.54 Å². The Kier molecular flexibility index (Phi) is 6.09. The van der Waals surface area contributed by atoms with Crippen molar-refractivity contribution in [3.63, 3.8) is 0 Å². The average Bonchev–Trinajstić information content (AvgIpc) is 3.85. The van der Waals surface area contributed by atoms with Crippen LogP contribution >= 0.6 is 0 Å². The molecule has 0 amide bonds. The molecule has 1 aromatic rings. The van der Waals surface area contributed by atoms with Crippen LogP contribution in [-0.4, -0.2) is 106 Å². The molecule has 0 spiro atoms. The van der Waals surface area contributed by atoms with Crippen LogP contribution in [0.3, 0.4) is 0 Å². The summed E-state index contributed by atoms with van der Waals surface area (Å²) in [7, 11) is 0. The maximum Gasteiger partial charge on any atom is 0.214 e. The first-order chi connectivity index (χ1) is 24.9. The van der Waals surface area contributed by atoms with Gasteiger partial charge in [-0.15, -0.1) is 0 Å². The lowest BCUT2D eigenvalue weighted by Gasteiger charge is -2.37. The minimum atomic E-state index is -0.481. The molecule has 290 valence electrons. The SMILES string of the molecule is CC1(C2OC2C2OC2(C)C2OC2C23OC2(C)CCCC3(C)C)OC1c1cc(C2OC2C2OC2(C)C2OC2C23OC2(C)CCCC3(C)C)cc[n+]1CCO. The number of hydrogen-bond acceptors (Lipinski definition) is 10. The summed E-state index contributed by atoms with van der Waals surface area (Å²) < 4.78 is 60.4. The first kappa shape index (κ1) is 33.8. The van der Waals surface area contributed by atoms with Gasteiger partial charge in [0.05, 0.1) is 11.2 Å². The normalized spacial score (nSPS) is 60.7. The van der Waals surface area contributed by atoms with E-state index in [1.54, 1.807) is 0 Å².